The summed E-state index contributed by atoms with van der Waals surface area (Å²) in [4.78, 5) is 15.7. The molecule has 6 nitrogen and oxygen atoms in total. The summed E-state index contributed by atoms with van der Waals surface area (Å²) >= 11 is 0. The molecule has 0 aromatic carbocycles. The van der Waals surface area contributed by atoms with Crippen molar-refractivity contribution in [3.05, 3.63) is 12.0 Å². The molecule has 2 aromatic rings. The smallest absolute Gasteiger partial charge is 0.224 e. The zero-order chi connectivity index (χ0) is 9.42. The van der Waals surface area contributed by atoms with Crippen molar-refractivity contribution in [2.45, 2.75) is 6.92 Å². The van der Waals surface area contributed by atoms with Crippen molar-refractivity contribution in [3.63, 3.8) is 0 Å². The van der Waals surface area contributed by atoms with Gasteiger partial charge in [0, 0.05) is 0 Å². The average Bonchev–Trinajstić information content (AvgIpc) is 2.02. The van der Waals surface area contributed by atoms with Gasteiger partial charge in [-0.15, -0.1) is 0 Å². The molecule has 2 rings (SSSR count). The van der Waals surface area contributed by atoms with Crippen LogP contribution in [0.1, 0.15) is 5.69 Å². The van der Waals surface area contributed by atoms with Gasteiger partial charge in [-0.3, -0.25) is 0 Å². The maximum absolute atomic E-state index is 5.65. The lowest BCUT2D eigenvalue weighted by molar-refractivity contribution is 1.11. The highest BCUT2D eigenvalue weighted by atomic mass is 15.1. The second kappa shape index (κ2) is 2.51. The SMILES string of the molecule is Cc1ncnc2nc(N)nc(N)c12. The number of nitrogen functional groups attached to an aromatic ring is 2. The third-order valence-electron chi connectivity index (χ3n) is 1.73. The summed E-state index contributed by atoms with van der Waals surface area (Å²) in [5.74, 6) is 0.448. The number of aromatic nitrogens is 4. The molecule has 13 heavy (non-hydrogen) atoms. The van der Waals surface area contributed by atoms with E-state index in [4.69, 9.17) is 11.5 Å². The first-order valence-electron chi connectivity index (χ1n) is 3.69. The first-order valence-corrected chi connectivity index (χ1v) is 3.69. The van der Waals surface area contributed by atoms with Crippen LogP contribution >= 0.6 is 0 Å². The zero-order valence-corrected chi connectivity index (χ0v) is 7.02. The summed E-state index contributed by atoms with van der Waals surface area (Å²) in [6.07, 6.45) is 1.42. The van der Waals surface area contributed by atoms with Crippen LogP contribution in [0.4, 0.5) is 11.8 Å². The van der Waals surface area contributed by atoms with Gasteiger partial charge < -0.3 is 11.5 Å². The molecule has 2 aromatic heterocycles. The van der Waals surface area contributed by atoms with E-state index in [1.807, 2.05) is 6.92 Å². The molecule has 0 amide bonds. The lowest BCUT2D eigenvalue weighted by atomic mass is 10.3. The quantitative estimate of drug-likeness (QED) is 0.580. The Hall–Kier alpha value is -1.98. The minimum absolute atomic E-state index is 0.128. The fourth-order valence-corrected chi connectivity index (χ4v) is 1.16. The van der Waals surface area contributed by atoms with E-state index in [1.165, 1.54) is 6.33 Å². The molecule has 0 aliphatic rings. The number of fused-ring (bicyclic) bond motifs is 1. The van der Waals surface area contributed by atoms with Crippen LogP contribution in [0, 0.1) is 6.92 Å². The molecular formula is C7H8N6. The Balaban J connectivity index is 2.94. The Labute approximate surface area is 74.0 Å². The van der Waals surface area contributed by atoms with Gasteiger partial charge in [0.25, 0.3) is 0 Å². The fraction of sp³-hybridized carbons (Fsp3) is 0.143. The van der Waals surface area contributed by atoms with Gasteiger partial charge in [-0.05, 0) is 6.92 Å². The van der Waals surface area contributed by atoms with Crippen LogP contribution in [0.3, 0.4) is 0 Å². The van der Waals surface area contributed by atoms with Gasteiger partial charge in [-0.2, -0.15) is 9.97 Å². The second-order valence-electron chi connectivity index (χ2n) is 2.62. The van der Waals surface area contributed by atoms with Crippen LogP contribution in [0.5, 0.6) is 0 Å². The molecule has 4 N–H and O–H groups in total. The first-order chi connectivity index (χ1) is 6.18. The second-order valence-corrected chi connectivity index (χ2v) is 2.62. The molecule has 0 fully saturated rings. The number of hydrogen-bond acceptors (Lipinski definition) is 6. The summed E-state index contributed by atoms with van der Waals surface area (Å²) in [5, 5.41) is 0.664. The lowest BCUT2D eigenvalue weighted by Gasteiger charge is -2.02. The Morgan fingerprint density at radius 2 is 1.92 bits per heavy atom. The monoisotopic (exact) mass is 176 g/mol. The molecular weight excluding hydrogens is 168 g/mol. The molecule has 0 bridgehead atoms. The van der Waals surface area contributed by atoms with Gasteiger partial charge in [-0.25, -0.2) is 9.97 Å². The molecule has 6 heteroatoms. The number of nitrogens with two attached hydrogens (primary N) is 2. The van der Waals surface area contributed by atoms with Crippen molar-refractivity contribution < 1.29 is 0 Å². The van der Waals surface area contributed by atoms with Gasteiger partial charge >= 0.3 is 0 Å². The Morgan fingerprint density at radius 1 is 1.15 bits per heavy atom. The maximum Gasteiger partial charge on any atom is 0.224 e. The van der Waals surface area contributed by atoms with Crippen molar-refractivity contribution in [3.8, 4) is 0 Å². The predicted octanol–water partition coefficient (Wildman–Crippen LogP) is -0.107. The van der Waals surface area contributed by atoms with Crippen LogP contribution in [0.2, 0.25) is 0 Å². The molecule has 0 saturated carbocycles. The highest BCUT2D eigenvalue weighted by molar-refractivity contribution is 5.87. The van der Waals surface area contributed by atoms with Crippen LogP contribution < -0.4 is 11.5 Å². The van der Waals surface area contributed by atoms with Crippen molar-refractivity contribution in [1.29, 1.82) is 0 Å². The highest BCUT2D eigenvalue weighted by Crippen LogP contribution is 2.18. The van der Waals surface area contributed by atoms with Crippen molar-refractivity contribution in [1.82, 2.24) is 19.9 Å². The van der Waals surface area contributed by atoms with E-state index >= 15 is 0 Å². The number of hydrogen-bond donors (Lipinski definition) is 2. The molecule has 0 unspecified atom stereocenters. The molecule has 0 radical (unpaired) electrons. The molecule has 0 aliphatic heterocycles. The summed E-state index contributed by atoms with van der Waals surface area (Å²) in [6.45, 7) is 1.82. The number of aryl methyl sites for hydroxylation is 1. The maximum atomic E-state index is 5.65. The van der Waals surface area contributed by atoms with Crippen LogP contribution in [0.25, 0.3) is 11.0 Å². The topological polar surface area (TPSA) is 104 Å². The standard InChI is InChI=1S/C7H8N6/c1-3-4-5(8)12-7(9)13-6(4)11-2-10-3/h2H,1H3,(H4,8,9,10,11,12,13). The van der Waals surface area contributed by atoms with Gasteiger partial charge in [0.2, 0.25) is 5.95 Å². The van der Waals surface area contributed by atoms with E-state index in [1.54, 1.807) is 0 Å². The Morgan fingerprint density at radius 3 is 2.69 bits per heavy atom. The summed E-state index contributed by atoms with van der Waals surface area (Å²) in [7, 11) is 0. The third-order valence-corrected chi connectivity index (χ3v) is 1.73. The highest BCUT2D eigenvalue weighted by Gasteiger charge is 2.06. The average molecular weight is 176 g/mol. The molecule has 2 heterocycles. The Bertz CT molecular complexity index is 466. The normalized spacial score (nSPS) is 10.5. The van der Waals surface area contributed by atoms with E-state index in [9.17, 15) is 0 Å². The molecule has 0 spiro atoms. The molecule has 66 valence electrons. The lowest BCUT2D eigenvalue weighted by Crippen LogP contribution is -2.03. The third kappa shape index (κ3) is 1.12. The number of rotatable bonds is 0. The number of anilines is 2. The van der Waals surface area contributed by atoms with Crippen LogP contribution in [-0.4, -0.2) is 19.9 Å². The summed E-state index contributed by atoms with van der Waals surface area (Å²) < 4.78 is 0. The van der Waals surface area contributed by atoms with Crippen LogP contribution in [0.15, 0.2) is 6.33 Å². The van der Waals surface area contributed by atoms with Gasteiger partial charge in [0.15, 0.2) is 5.65 Å². The van der Waals surface area contributed by atoms with Gasteiger partial charge in [-0.1, -0.05) is 0 Å². The molecule has 0 aliphatic carbocycles. The predicted molar refractivity (Wildman–Crippen MR) is 48.7 cm³/mol. The van der Waals surface area contributed by atoms with E-state index < -0.39 is 0 Å². The minimum atomic E-state index is 0.128. The summed E-state index contributed by atoms with van der Waals surface area (Å²) in [6, 6.07) is 0. The first kappa shape index (κ1) is 7.66. The van der Waals surface area contributed by atoms with E-state index in [-0.39, 0.29) is 5.95 Å². The molecule has 0 atom stereocenters. The van der Waals surface area contributed by atoms with Crippen molar-refractivity contribution >= 4 is 22.8 Å². The minimum Gasteiger partial charge on any atom is -0.383 e. The molecule has 0 saturated heterocycles. The van der Waals surface area contributed by atoms with Crippen LogP contribution in [-0.2, 0) is 0 Å². The largest absolute Gasteiger partial charge is 0.383 e. The van der Waals surface area contributed by atoms with E-state index in [0.717, 1.165) is 5.69 Å². The Kier molecular flexibility index (Phi) is 1.48. The fourth-order valence-electron chi connectivity index (χ4n) is 1.16. The zero-order valence-electron chi connectivity index (χ0n) is 7.02. The van der Waals surface area contributed by atoms with E-state index in [2.05, 4.69) is 19.9 Å². The van der Waals surface area contributed by atoms with E-state index in [0.29, 0.717) is 16.9 Å². The van der Waals surface area contributed by atoms with Gasteiger partial charge in [0.05, 0.1) is 11.1 Å². The summed E-state index contributed by atoms with van der Waals surface area (Å²) in [5.41, 5.74) is 12.3. The van der Waals surface area contributed by atoms with Crippen molar-refractivity contribution in [2.75, 3.05) is 11.5 Å². The van der Waals surface area contributed by atoms with Gasteiger partial charge in [0.1, 0.15) is 12.1 Å². The number of nitrogens with zero attached hydrogens (tertiary/aromatic N) is 4. The van der Waals surface area contributed by atoms with Crippen molar-refractivity contribution in [2.24, 2.45) is 0 Å².